The van der Waals surface area contributed by atoms with E-state index in [-0.39, 0.29) is 23.5 Å². The zero-order chi connectivity index (χ0) is 26.1. The summed E-state index contributed by atoms with van der Waals surface area (Å²) < 4.78 is 4.71. The molecule has 1 aliphatic rings. The van der Waals surface area contributed by atoms with Crippen molar-refractivity contribution in [2.45, 2.75) is 12.5 Å². The number of ketones is 1. The lowest BCUT2D eigenvalue weighted by Crippen LogP contribution is -2.29. The van der Waals surface area contributed by atoms with Crippen molar-refractivity contribution in [2.75, 3.05) is 12.0 Å². The molecule has 5 rings (SSSR count). The summed E-state index contributed by atoms with van der Waals surface area (Å²) in [6.45, 7) is 0. The molecule has 1 unspecified atom stereocenters. The summed E-state index contributed by atoms with van der Waals surface area (Å²) >= 11 is 0. The number of hydrogen-bond donors (Lipinski definition) is 2. The highest BCUT2D eigenvalue weighted by molar-refractivity contribution is 6.51. The molecule has 4 aromatic carbocycles. The van der Waals surface area contributed by atoms with E-state index < -0.39 is 23.7 Å². The average Bonchev–Trinajstić information content (AvgIpc) is 3.18. The van der Waals surface area contributed by atoms with Crippen LogP contribution in [0.1, 0.15) is 22.7 Å². The van der Waals surface area contributed by atoms with Crippen LogP contribution in [0.5, 0.6) is 5.75 Å². The number of anilines is 1. The van der Waals surface area contributed by atoms with Gasteiger partial charge in [-0.2, -0.15) is 0 Å². The predicted octanol–water partition coefficient (Wildman–Crippen LogP) is 4.89. The van der Waals surface area contributed by atoms with E-state index in [4.69, 9.17) is 4.74 Å². The van der Waals surface area contributed by atoms with Crippen molar-refractivity contribution in [1.29, 1.82) is 0 Å². The first-order valence-electron chi connectivity index (χ1n) is 11.6. The van der Waals surface area contributed by atoms with Gasteiger partial charge in [0.2, 0.25) is 0 Å². The van der Waals surface area contributed by atoms with Gasteiger partial charge >= 0.3 is 5.97 Å². The first kappa shape index (κ1) is 23.8. The normalized spacial score (nSPS) is 16.8. The Labute approximate surface area is 212 Å². The minimum Gasteiger partial charge on any atom is -0.508 e. The first-order valence-corrected chi connectivity index (χ1v) is 11.6. The van der Waals surface area contributed by atoms with Gasteiger partial charge in [-0.25, -0.2) is 0 Å². The Morgan fingerprint density at radius 3 is 2.24 bits per heavy atom. The molecule has 1 saturated heterocycles. The topological polar surface area (TPSA) is 104 Å². The van der Waals surface area contributed by atoms with E-state index >= 15 is 0 Å². The summed E-state index contributed by atoms with van der Waals surface area (Å²) in [6, 6.07) is 24.8. The molecule has 0 aromatic heterocycles. The van der Waals surface area contributed by atoms with E-state index in [0.29, 0.717) is 22.4 Å². The second kappa shape index (κ2) is 9.62. The number of esters is 1. The minimum atomic E-state index is -0.932. The van der Waals surface area contributed by atoms with Crippen LogP contribution in [0.15, 0.2) is 96.6 Å². The van der Waals surface area contributed by atoms with Crippen LogP contribution < -0.4 is 4.90 Å². The zero-order valence-electron chi connectivity index (χ0n) is 19.9. The van der Waals surface area contributed by atoms with Crippen molar-refractivity contribution < 1.29 is 29.3 Å². The van der Waals surface area contributed by atoms with Gasteiger partial charge in [-0.05, 0) is 52.2 Å². The van der Waals surface area contributed by atoms with Gasteiger partial charge in [0.25, 0.3) is 11.7 Å². The van der Waals surface area contributed by atoms with Gasteiger partial charge in [-0.15, -0.1) is 0 Å². The summed E-state index contributed by atoms with van der Waals surface area (Å²) in [6.07, 6.45) is 0.0684. The second-order valence-electron chi connectivity index (χ2n) is 8.74. The fraction of sp³-hybridized carbons (Fsp3) is 0.100. The standard InChI is InChI=1S/C30H23NO6/c1-37-25(33)16-18-6-12-23(13-7-18)31-27(20-10-14-24(32)15-11-20)26(29(35)30(31)36)28(34)22-9-8-19-4-2-3-5-21(19)17-22/h2-15,17,27,32,34H,16H2,1H3/b28-26-. The highest BCUT2D eigenvalue weighted by Gasteiger charge is 2.47. The summed E-state index contributed by atoms with van der Waals surface area (Å²) in [5, 5.41) is 23.0. The molecule has 1 aliphatic heterocycles. The molecule has 0 saturated carbocycles. The number of phenols is 1. The van der Waals surface area contributed by atoms with Crippen LogP contribution in [0.25, 0.3) is 16.5 Å². The number of amides is 1. The monoisotopic (exact) mass is 493 g/mol. The summed E-state index contributed by atoms with van der Waals surface area (Å²) in [5.41, 5.74) is 2.01. The molecule has 1 atom stereocenters. The van der Waals surface area contributed by atoms with E-state index in [0.717, 1.165) is 10.8 Å². The number of carbonyl (C=O) groups is 3. The third-order valence-electron chi connectivity index (χ3n) is 6.47. The number of carbonyl (C=O) groups excluding carboxylic acids is 3. The summed E-state index contributed by atoms with van der Waals surface area (Å²) in [7, 11) is 1.31. The largest absolute Gasteiger partial charge is 0.508 e. The number of methoxy groups -OCH3 is 1. The Morgan fingerprint density at radius 1 is 0.892 bits per heavy atom. The molecule has 7 heteroatoms. The Bertz CT molecular complexity index is 1550. The molecule has 7 nitrogen and oxygen atoms in total. The molecule has 184 valence electrons. The van der Waals surface area contributed by atoms with E-state index in [1.807, 2.05) is 30.3 Å². The van der Waals surface area contributed by atoms with Crippen LogP contribution in [-0.4, -0.2) is 35.0 Å². The third-order valence-corrected chi connectivity index (χ3v) is 6.47. The van der Waals surface area contributed by atoms with Gasteiger partial charge in [-0.1, -0.05) is 60.7 Å². The average molecular weight is 494 g/mol. The second-order valence-corrected chi connectivity index (χ2v) is 8.74. The number of aliphatic hydroxyl groups excluding tert-OH is 1. The lowest BCUT2D eigenvalue weighted by Gasteiger charge is -2.25. The molecule has 1 heterocycles. The number of nitrogens with zero attached hydrogens (tertiary/aromatic N) is 1. The maximum absolute atomic E-state index is 13.3. The van der Waals surface area contributed by atoms with Crippen LogP contribution in [-0.2, 0) is 25.5 Å². The maximum Gasteiger partial charge on any atom is 0.309 e. The molecule has 37 heavy (non-hydrogen) atoms. The number of rotatable bonds is 5. The minimum absolute atomic E-state index is 0.0300. The highest BCUT2D eigenvalue weighted by Crippen LogP contribution is 2.42. The molecule has 0 bridgehead atoms. The first-order chi connectivity index (χ1) is 17.9. The van der Waals surface area contributed by atoms with Gasteiger partial charge in [0, 0.05) is 11.3 Å². The maximum atomic E-state index is 13.3. The van der Waals surface area contributed by atoms with Gasteiger partial charge in [0.05, 0.1) is 25.1 Å². The smallest absolute Gasteiger partial charge is 0.309 e. The summed E-state index contributed by atoms with van der Waals surface area (Å²) in [4.78, 5) is 39.6. The number of aromatic hydroxyl groups is 1. The van der Waals surface area contributed by atoms with E-state index in [9.17, 15) is 24.6 Å². The molecular formula is C30H23NO6. The predicted molar refractivity (Wildman–Crippen MR) is 139 cm³/mol. The number of benzene rings is 4. The molecule has 0 aliphatic carbocycles. The van der Waals surface area contributed by atoms with Crippen LogP contribution in [0.4, 0.5) is 5.69 Å². The zero-order valence-corrected chi connectivity index (χ0v) is 19.9. The van der Waals surface area contributed by atoms with Gasteiger partial charge in [-0.3, -0.25) is 19.3 Å². The van der Waals surface area contributed by atoms with Crippen molar-refractivity contribution in [3.05, 3.63) is 113 Å². The van der Waals surface area contributed by atoms with Crippen molar-refractivity contribution in [3.63, 3.8) is 0 Å². The van der Waals surface area contributed by atoms with E-state index in [1.54, 1.807) is 48.5 Å². The number of Topliss-reactive ketones (excluding diaryl/α,β-unsaturated/α-hetero) is 1. The lowest BCUT2D eigenvalue weighted by atomic mass is 9.94. The van der Waals surface area contributed by atoms with E-state index in [1.165, 1.54) is 24.1 Å². The van der Waals surface area contributed by atoms with Crippen LogP contribution in [0.3, 0.4) is 0 Å². The van der Waals surface area contributed by atoms with E-state index in [2.05, 4.69) is 0 Å². The van der Waals surface area contributed by atoms with Gasteiger partial charge in [0.15, 0.2) is 0 Å². The molecule has 4 aromatic rings. The van der Waals surface area contributed by atoms with Crippen molar-refractivity contribution in [3.8, 4) is 5.75 Å². The Hall–Kier alpha value is -4.91. The van der Waals surface area contributed by atoms with Crippen LogP contribution >= 0.6 is 0 Å². The molecule has 0 radical (unpaired) electrons. The molecule has 2 N–H and O–H groups in total. The van der Waals surface area contributed by atoms with Crippen molar-refractivity contribution in [1.82, 2.24) is 0 Å². The molecule has 1 fully saturated rings. The Balaban J connectivity index is 1.64. The quantitative estimate of drug-likeness (QED) is 0.178. The number of ether oxygens (including phenoxy) is 1. The molecule has 0 spiro atoms. The van der Waals surface area contributed by atoms with Gasteiger partial charge < -0.3 is 14.9 Å². The number of phenolic OH excluding ortho intramolecular Hbond substituents is 1. The summed E-state index contributed by atoms with van der Waals surface area (Å²) in [5.74, 6) is -2.26. The lowest BCUT2D eigenvalue weighted by molar-refractivity contribution is -0.139. The number of hydrogen-bond acceptors (Lipinski definition) is 6. The Morgan fingerprint density at radius 2 is 1.57 bits per heavy atom. The fourth-order valence-corrected chi connectivity index (χ4v) is 4.58. The van der Waals surface area contributed by atoms with Crippen molar-refractivity contribution >= 4 is 39.9 Å². The van der Waals surface area contributed by atoms with Crippen LogP contribution in [0, 0.1) is 0 Å². The van der Waals surface area contributed by atoms with Gasteiger partial charge in [0.1, 0.15) is 11.5 Å². The number of fused-ring (bicyclic) bond motifs is 1. The van der Waals surface area contributed by atoms with Crippen LogP contribution in [0.2, 0.25) is 0 Å². The SMILES string of the molecule is COC(=O)Cc1ccc(N2C(=O)C(=O)/C(=C(\O)c3ccc4ccccc4c3)C2c2ccc(O)cc2)cc1. The number of aliphatic hydroxyl groups is 1. The Kier molecular flexibility index (Phi) is 6.19. The molecular weight excluding hydrogens is 470 g/mol. The molecule has 1 amide bonds. The fourth-order valence-electron chi connectivity index (χ4n) is 4.58. The third kappa shape index (κ3) is 4.43. The van der Waals surface area contributed by atoms with Crippen molar-refractivity contribution in [2.24, 2.45) is 0 Å². The highest BCUT2D eigenvalue weighted by atomic mass is 16.5.